The van der Waals surface area contributed by atoms with Crippen LogP contribution >= 0.6 is 45.9 Å². The van der Waals surface area contributed by atoms with Crippen LogP contribution in [0.2, 0.25) is 8.67 Å². The summed E-state index contributed by atoms with van der Waals surface area (Å²) >= 11 is 14.6. The maximum Gasteiger partial charge on any atom is 0.322 e. The molecule has 3 aromatic rings. The Balaban J connectivity index is 1.69. The number of carbonyl (C=O) groups is 1. The molecule has 0 aromatic carbocycles. The average Bonchev–Trinajstić information content (AvgIpc) is 3.18. The second kappa shape index (κ2) is 6.62. The molecule has 112 valence electrons. The van der Waals surface area contributed by atoms with E-state index in [4.69, 9.17) is 27.6 Å². The molecule has 3 aromatic heterocycles. The van der Waals surface area contributed by atoms with Gasteiger partial charge in [0.25, 0.3) is 11.8 Å². The molecule has 0 bridgehead atoms. The molecule has 1 N–H and O–H groups in total. The molecule has 0 aliphatic carbocycles. The van der Waals surface area contributed by atoms with E-state index >= 15 is 0 Å². The van der Waals surface area contributed by atoms with E-state index in [9.17, 15) is 4.79 Å². The van der Waals surface area contributed by atoms with Crippen LogP contribution in [-0.2, 0) is 4.79 Å². The minimum absolute atomic E-state index is 0.00535. The van der Waals surface area contributed by atoms with Crippen molar-refractivity contribution in [3.8, 4) is 11.5 Å². The zero-order chi connectivity index (χ0) is 15.5. The number of anilines is 1. The van der Waals surface area contributed by atoms with Gasteiger partial charge >= 0.3 is 6.01 Å². The second-order valence-corrected chi connectivity index (χ2v) is 7.25. The largest absolute Gasteiger partial charge is 0.403 e. The highest BCUT2D eigenvalue weighted by Crippen LogP contribution is 2.37. The Morgan fingerprint density at radius 1 is 1.36 bits per heavy atom. The van der Waals surface area contributed by atoms with Gasteiger partial charge in [0.1, 0.15) is 4.34 Å². The van der Waals surface area contributed by atoms with Crippen molar-refractivity contribution < 1.29 is 9.21 Å². The topological polar surface area (TPSA) is 68.0 Å². The van der Waals surface area contributed by atoms with E-state index in [2.05, 4.69) is 15.5 Å². The summed E-state index contributed by atoms with van der Waals surface area (Å²) in [5, 5.41) is 12.0. The van der Waals surface area contributed by atoms with Crippen molar-refractivity contribution in [1.82, 2.24) is 10.2 Å². The van der Waals surface area contributed by atoms with Crippen molar-refractivity contribution in [1.29, 1.82) is 0 Å². The minimum Gasteiger partial charge on any atom is -0.403 e. The first kappa shape index (κ1) is 15.2. The van der Waals surface area contributed by atoms with Crippen molar-refractivity contribution >= 4 is 63.9 Å². The molecule has 0 saturated heterocycles. The number of carbonyl (C=O) groups excluding carboxylic acids is 1. The van der Waals surface area contributed by atoms with Gasteiger partial charge in [-0.2, -0.15) is 0 Å². The lowest BCUT2D eigenvalue weighted by atomic mass is 10.3. The van der Waals surface area contributed by atoms with E-state index in [1.807, 2.05) is 17.5 Å². The van der Waals surface area contributed by atoms with Crippen LogP contribution in [0.3, 0.4) is 0 Å². The molecular weight excluding hydrogens is 365 g/mol. The number of halogens is 2. The molecule has 22 heavy (non-hydrogen) atoms. The van der Waals surface area contributed by atoms with Gasteiger partial charge in [0.15, 0.2) is 0 Å². The Morgan fingerprint density at radius 2 is 2.23 bits per heavy atom. The smallest absolute Gasteiger partial charge is 0.322 e. The van der Waals surface area contributed by atoms with E-state index in [0.717, 1.165) is 4.88 Å². The van der Waals surface area contributed by atoms with E-state index in [1.165, 1.54) is 28.7 Å². The Hall–Kier alpha value is -1.67. The van der Waals surface area contributed by atoms with Gasteiger partial charge in [-0.3, -0.25) is 10.1 Å². The van der Waals surface area contributed by atoms with Crippen LogP contribution in [-0.4, -0.2) is 16.1 Å². The lowest BCUT2D eigenvalue weighted by Crippen LogP contribution is -2.07. The molecule has 0 atom stereocenters. The summed E-state index contributed by atoms with van der Waals surface area (Å²) in [5.41, 5.74) is 0.541. The summed E-state index contributed by atoms with van der Waals surface area (Å²) in [6.45, 7) is 0. The van der Waals surface area contributed by atoms with Crippen LogP contribution in [0, 0.1) is 0 Å². The van der Waals surface area contributed by atoms with Gasteiger partial charge in [-0.25, -0.2) is 0 Å². The molecule has 1 amide bonds. The van der Waals surface area contributed by atoms with Gasteiger partial charge in [-0.15, -0.1) is 27.8 Å². The first-order chi connectivity index (χ1) is 10.6. The molecule has 0 aliphatic heterocycles. The molecule has 0 spiro atoms. The SMILES string of the molecule is O=C(/C=C/c1cccs1)Nc1nnc(-c2cc(Cl)sc2Cl)o1. The maximum absolute atomic E-state index is 11.8. The van der Waals surface area contributed by atoms with Crippen molar-refractivity contribution in [3.63, 3.8) is 0 Å². The third-order valence-corrected chi connectivity index (χ3v) is 4.81. The Kier molecular flexibility index (Phi) is 4.58. The highest BCUT2D eigenvalue weighted by atomic mass is 35.5. The zero-order valence-corrected chi connectivity index (χ0v) is 13.9. The summed E-state index contributed by atoms with van der Waals surface area (Å²) in [5.74, 6) is -0.163. The van der Waals surface area contributed by atoms with Crippen LogP contribution < -0.4 is 5.32 Å². The number of nitrogens with zero attached hydrogens (tertiary/aromatic N) is 2. The van der Waals surface area contributed by atoms with Crippen molar-refractivity contribution in [2.45, 2.75) is 0 Å². The van der Waals surface area contributed by atoms with E-state index in [-0.39, 0.29) is 17.8 Å². The van der Waals surface area contributed by atoms with Crippen molar-refractivity contribution in [3.05, 3.63) is 43.2 Å². The molecule has 3 rings (SSSR count). The van der Waals surface area contributed by atoms with Crippen molar-refractivity contribution in [2.24, 2.45) is 0 Å². The Bertz CT molecular complexity index is 824. The molecule has 3 heterocycles. The molecular formula is C13H7Cl2N3O2S2. The molecule has 0 aliphatic rings. The van der Waals surface area contributed by atoms with Crippen LogP contribution in [0.25, 0.3) is 17.5 Å². The number of hydrogen-bond donors (Lipinski definition) is 1. The molecule has 0 radical (unpaired) electrons. The fourth-order valence-corrected chi connectivity index (χ4v) is 3.63. The number of rotatable bonds is 4. The molecule has 0 unspecified atom stereocenters. The normalized spacial score (nSPS) is 11.2. The highest BCUT2D eigenvalue weighted by molar-refractivity contribution is 7.20. The third kappa shape index (κ3) is 3.56. The lowest BCUT2D eigenvalue weighted by Gasteiger charge is -1.93. The fourth-order valence-electron chi connectivity index (χ4n) is 1.56. The van der Waals surface area contributed by atoms with Gasteiger partial charge in [0.2, 0.25) is 0 Å². The number of nitrogens with one attached hydrogen (secondary N) is 1. The Labute approximate surface area is 143 Å². The van der Waals surface area contributed by atoms with E-state index in [0.29, 0.717) is 14.2 Å². The number of thiophene rings is 2. The second-order valence-electron chi connectivity index (χ2n) is 3.99. The van der Waals surface area contributed by atoms with Gasteiger partial charge in [-0.1, -0.05) is 34.4 Å². The molecule has 0 fully saturated rings. The quantitative estimate of drug-likeness (QED) is 0.667. The van der Waals surface area contributed by atoms with Crippen molar-refractivity contribution in [2.75, 3.05) is 5.32 Å². The summed E-state index contributed by atoms with van der Waals surface area (Å²) in [7, 11) is 0. The standard InChI is InChI=1S/C13H7Cl2N3O2S2/c14-9-6-8(11(15)22-9)12-17-18-13(20-12)16-10(19)4-3-7-2-1-5-21-7/h1-6H,(H,16,18,19)/b4-3+. The summed E-state index contributed by atoms with van der Waals surface area (Å²) in [6.07, 6.45) is 3.09. The summed E-state index contributed by atoms with van der Waals surface area (Å²) < 4.78 is 6.31. The Morgan fingerprint density at radius 3 is 2.91 bits per heavy atom. The molecule has 9 heteroatoms. The van der Waals surface area contributed by atoms with E-state index < -0.39 is 0 Å². The summed E-state index contributed by atoms with van der Waals surface area (Å²) in [6, 6.07) is 5.43. The first-order valence-electron chi connectivity index (χ1n) is 5.93. The zero-order valence-electron chi connectivity index (χ0n) is 10.7. The van der Waals surface area contributed by atoms with Gasteiger partial charge in [-0.05, 0) is 23.6 Å². The third-order valence-electron chi connectivity index (χ3n) is 2.48. The van der Waals surface area contributed by atoms with Crippen LogP contribution in [0.4, 0.5) is 6.01 Å². The molecule has 0 saturated carbocycles. The van der Waals surface area contributed by atoms with Crippen LogP contribution in [0.1, 0.15) is 4.88 Å². The van der Waals surface area contributed by atoms with Gasteiger partial charge < -0.3 is 4.42 Å². The van der Waals surface area contributed by atoms with E-state index in [1.54, 1.807) is 12.1 Å². The summed E-state index contributed by atoms with van der Waals surface area (Å²) in [4.78, 5) is 12.7. The number of hydrogen-bond acceptors (Lipinski definition) is 6. The molecule has 5 nitrogen and oxygen atoms in total. The monoisotopic (exact) mass is 371 g/mol. The number of aromatic nitrogens is 2. The average molecular weight is 372 g/mol. The fraction of sp³-hybridized carbons (Fsp3) is 0. The predicted octanol–water partition coefficient (Wildman–Crippen LogP) is 4.82. The first-order valence-corrected chi connectivity index (χ1v) is 8.38. The van der Waals surface area contributed by atoms with Gasteiger partial charge in [0, 0.05) is 11.0 Å². The lowest BCUT2D eigenvalue weighted by molar-refractivity contribution is -0.112. The number of amides is 1. The van der Waals surface area contributed by atoms with Gasteiger partial charge in [0.05, 0.1) is 9.90 Å². The predicted molar refractivity (Wildman–Crippen MR) is 89.6 cm³/mol. The van der Waals surface area contributed by atoms with Crippen LogP contribution in [0.5, 0.6) is 0 Å². The van der Waals surface area contributed by atoms with Crippen LogP contribution in [0.15, 0.2) is 34.1 Å². The highest BCUT2D eigenvalue weighted by Gasteiger charge is 2.15. The minimum atomic E-state index is -0.363. The maximum atomic E-state index is 11.8.